The number of nitrogens with one attached hydrogen (secondary N) is 1. The van der Waals surface area contributed by atoms with Crippen LogP contribution >= 0.6 is 0 Å². The van der Waals surface area contributed by atoms with Crippen molar-refractivity contribution in [2.75, 3.05) is 7.11 Å². The van der Waals surface area contributed by atoms with Crippen LogP contribution < -0.4 is 10.1 Å². The first-order valence-corrected chi connectivity index (χ1v) is 8.80. The summed E-state index contributed by atoms with van der Waals surface area (Å²) >= 11 is 0. The molecule has 0 aliphatic rings. The lowest BCUT2D eigenvalue weighted by Gasteiger charge is -2.04. The molecule has 28 heavy (non-hydrogen) atoms. The number of rotatable bonds is 5. The number of furan rings is 1. The van der Waals surface area contributed by atoms with Gasteiger partial charge in [-0.25, -0.2) is 0 Å². The summed E-state index contributed by atoms with van der Waals surface area (Å²) in [6.07, 6.45) is 0. The molecule has 0 unspecified atom stereocenters. The number of amides is 1. The average Bonchev–Trinajstić information content (AvgIpc) is 3.33. The third kappa shape index (κ3) is 3.22. The second-order valence-corrected chi connectivity index (χ2v) is 6.45. The van der Waals surface area contributed by atoms with E-state index >= 15 is 0 Å². The molecule has 0 aliphatic carbocycles. The molecule has 0 saturated heterocycles. The van der Waals surface area contributed by atoms with Crippen LogP contribution in [0.25, 0.3) is 22.6 Å². The quantitative estimate of drug-likeness (QED) is 0.564. The molecule has 0 radical (unpaired) electrons. The molecule has 7 nitrogen and oxygen atoms in total. The summed E-state index contributed by atoms with van der Waals surface area (Å²) in [7, 11) is 1.61. The highest BCUT2D eigenvalue weighted by molar-refractivity contribution is 5.90. The zero-order chi connectivity index (χ0) is 19.7. The summed E-state index contributed by atoms with van der Waals surface area (Å²) < 4.78 is 16.6. The van der Waals surface area contributed by atoms with Gasteiger partial charge in [0.2, 0.25) is 0 Å². The predicted molar refractivity (Wildman–Crippen MR) is 103 cm³/mol. The van der Waals surface area contributed by atoms with Gasteiger partial charge >= 0.3 is 11.8 Å². The fourth-order valence-corrected chi connectivity index (χ4v) is 3.00. The average molecular weight is 377 g/mol. The fraction of sp³-hybridized carbons (Fsp3) is 0.190. The topological polar surface area (TPSA) is 90.4 Å². The molecule has 2 aromatic heterocycles. The smallest absolute Gasteiger partial charge is 0.309 e. The fourth-order valence-electron chi connectivity index (χ4n) is 3.00. The van der Waals surface area contributed by atoms with Crippen LogP contribution in [0.1, 0.15) is 27.4 Å². The molecule has 142 valence electrons. The zero-order valence-corrected chi connectivity index (χ0v) is 15.8. The van der Waals surface area contributed by atoms with Gasteiger partial charge in [-0.1, -0.05) is 30.3 Å². The number of hydrogen-bond donors (Lipinski definition) is 1. The van der Waals surface area contributed by atoms with E-state index in [0.717, 1.165) is 33.4 Å². The first kappa shape index (κ1) is 17.8. The molecular weight excluding hydrogens is 358 g/mol. The number of carbonyl (C=O) groups is 1. The van der Waals surface area contributed by atoms with Gasteiger partial charge in [0, 0.05) is 17.5 Å². The van der Waals surface area contributed by atoms with Crippen LogP contribution in [0.4, 0.5) is 0 Å². The predicted octanol–water partition coefficient (Wildman–Crippen LogP) is 4.04. The first-order chi connectivity index (χ1) is 13.6. The highest BCUT2D eigenvalue weighted by atomic mass is 16.5. The van der Waals surface area contributed by atoms with Gasteiger partial charge in [-0.2, -0.15) is 0 Å². The van der Waals surface area contributed by atoms with Crippen molar-refractivity contribution in [3.63, 3.8) is 0 Å². The second kappa shape index (κ2) is 7.19. The van der Waals surface area contributed by atoms with Gasteiger partial charge in [0.25, 0.3) is 5.89 Å². The Morgan fingerprint density at radius 1 is 1.07 bits per heavy atom. The van der Waals surface area contributed by atoms with Crippen molar-refractivity contribution < 1.29 is 18.4 Å². The van der Waals surface area contributed by atoms with Crippen LogP contribution in [-0.4, -0.2) is 23.2 Å². The van der Waals surface area contributed by atoms with Gasteiger partial charge in [0.1, 0.15) is 11.3 Å². The number of para-hydroxylation sites is 1. The van der Waals surface area contributed by atoms with Crippen LogP contribution in [0.3, 0.4) is 0 Å². The number of ether oxygens (including phenoxy) is 1. The van der Waals surface area contributed by atoms with Crippen molar-refractivity contribution in [3.8, 4) is 17.4 Å². The maximum Gasteiger partial charge on any atom is 0.309 e. The van der Waals surface area contributed by atoms with Gasteiger partial charge in [0.05, 0.1) is 7.11 Å². The summed E-state index contributed by atoms with van der Waals surface area (Å²) in [5.41, 5.74) is 3.62. The molecular formula is C21H19N3O4. The highest BCUT2D eigenvalue weighted by Crippen LogP contribution is 2.33. The number of nitrogens with zero attached hydrogens (tertiary/aromatic N) is 2. The molecule has 0 spiro atoms. The third-order valence-corrected chi connectivity index (χ3v) is 4.59. The van der Waals surface area contributed by atoms with E-state index in [1.54, 1.807) is 7.11 Å². The summed E-state index contributed by atoms with van der Waals surface area (Å²) in [5, 5.41) is 11.6. The van der Waals surface area contributed by atoms with E-state index < -0.39 is 5.91 Å². The van der Waals surface area contributed by atoms with Crippen molar-refractivity contribution >= 4 is 16.9 Å². The Balaban J connectivity index is 1.51. The molecule has 0 fully saturated rings. The van der Waals surface area contributed by atoms with Gasteiger partial charge < -0.3 is 18.9 Å². The zero-order valence-electron chi connectivity index (χ0n) is 15.8. The Morgan fingerprint density at radius 2 is 1.86 bits per heavy atom. The lowest BCUT2D eigenvalue weighted by molar-refractivity contribution is 0.0916. The van der Waals surface area contributed by atoms with Crippen LogP contribution in [0, 0.1) is 13.8 Å². The number of fused-ring (bicyclic) bond motifs is 1. The third-order valence-electron chi connectivity index (χ3n) is 4.59. The van der Waals surface area contributed by atoms with E-state index in [1.807, 2.05) is 56.3 Å². The van der Waals surface area contributed by atoms with E-state index in [9.17, 15) is 4.79 Å². The molecule has 4 aromatic rings. The van der Waals surface area contributed by atoms with Crippen LogP contribution in [0.15, 0.2) is 51.3 Å². The van der Waals surface area contributed by atoms with E-state index in [1.165, 1.54) is 0 Å². The summed E-state index contributed by atoms with van der Waals surface area (Å²) in [6, 6.07) is 13.3. The number of aromatic nitrogens is 2. The number of methoxy groups -OCH3 is 1. The SMILES string of the molecule is COc1ccc(CNC(=O)c2nnc(-c3oc4c(C)cccc4c3C)o2)cc1. The number of aryl methyl sites for hydroxylation is 2. The number of carbonyl (C=O) groups excluding carboxylic acids is 1. The van der Waals surface area contributed by atoms with E-state index in [2.05, 4.69) is 15.5 Å². The van der Waals surface area contributed by atoms with Crippen LogP contribution in [0.2, 0.25) is 0 Å². The molecule has 1 N–H and O–H groups in total. The molecule has 0 saturated carbocycles. The van der Waals surface area contributed by atoms with Gasteiger partial charge in [-0.15, -0.1) is 10.2 Å². The number of benzene rings is 2. The molecule has 4 rings (SSSR count). The van der Waals surface area contributed by atoms with E-state index in [0.29, 0.717) is 12.3 Å². The Labute approximate surface area is 161 Å². The molecule has 0 aliphatic heterocycles. The monoisotopic (exact) mass is 377 g/mol. The van der Waals surface area contributed by atoms with Crippen molar-refractivity contribution in [1.29, 1.82) is 0 Å². The van der Waals surface area contributed by atoms with Crippen molar-refractivity contribution in [2.45, 2.75) is 20.4 Å². The van der Waals surface area contributed by atoms with Crippen LogP contribution in [0.5, 0.6) is 5.75 Å². The Morgan fingerprint density at radius 3 is 2.57 bits per heavy atom. The Bertz CT molecular complexity index is 1140. The minimum atomic E-state index is -0.445. The van der Waals surface area contributed by atoms with Crippen molar-refractivity contribution in [3.05, 3.63) is 65.0 Å². The second-order valence-electron chi connectivity index (χ2n) is 6.45. The summed E-state index contributed by atoms with van der Waals surface area (Å²) in [6.45, 7) is 4.23. The van der Waals surface area contributed by atoms with E-state index in [4.69, 9.17) is 13.6 Å². The molecule has 0 bridgehead atoms. The summed E-state index contributed by atoms with van der Waals surface area (Å²) in [5.74, 6) is 0.862. The van der Waals surface area contributed by atoms with Crippen molar-refractivity contribution in [2.24, 2.45) is 0 Å². The standard InChI is InChI=1S/C21H19N3O4/c1-12-5-4-6-16-13(2)18(27-17(12)16)20-23-24-21(28-20)19(25)22-11-14-7-9-15(26-3)10-8-14/h4-10H,11H2,1-3H3,(H,22,25). The van der Waals surface area contributed by atoms with Gasteiger partial charge in [0.15, 0.2) is 5.76 Å². The van der Waals surface area contributed by atoms with Crippen LogP contribution in [-0.2, 0) is 6.54 Å². The van der Waals surface area contributed by atoms with E-state index in [-0.39, 0.29) is 11.8 Å². The normalized spacial score (nSPS) is 11.0. The first-order valence-electron chi connectivity index (χ1n) is 8.80. The molecule has 2 aromatic carbocycles. The minimum absolute atomic E-state index is 0.111. The van der Waals surface area contributed by atoms with Gasteiger partial charge in [-0.3, -0.25) is 4.79 Å². The Hall–Kier alpha value is -3.61. The van der Waals surface area contributed by atoms with Crippen molar-refractivity contribution in [1.82, 2.24) is 15.5 Å². The lowest BCUT2D eigenvalue weighted by Crippen LogP contribution is -2.23. The van der Waals surface area contributed by atoms with Gasteiger partial charge in [-0.05, 0) is 37.1 Å². The molecule has 0 atom stereocenters. The Kier molecular flexibility index (Phi) is 4.57. The molecule has 2 heterocycles. The minimum Gasteiger partial charge on any atom is -0.497 e. The highest BCUT2D eigenvalue weighted by Gasteiger charge is 2.21. The maximum atomic E-state index is 12.3. The maximum absolute atomic E-state index is 12.3. The number of hydrogen-bond acceptors (Lipinski definition) is 6. The molecule has 7 heteroatoms. The largest absolute Gasteiger partial charge is 0.497 e. The molecule has 1 amide bonds. The lowest BCUT2D eigenvalue weighted by atomic mass is 10.1. The summed E-state index contributed by atoms with van der Waals surface area (Å²) in [4.78, 5) is 12.3.